The van der Waals surface area contributed by atoms with E-state index in [9.17, 15) is 4.79 Å². The molecule has 1 aliphatic rings. The van der Waals surface area contributed by atoms with Gasteiger partial charge in [-0.05, 0) is 12.3 Å². The molecule has 1 saturated heterocycles. The highest BCUT2D eigenvalue weighted by molar-refractivity contribution is 6.21. The van der Waals surface area contributed by atoms with Gasteiger partial charge in [0.05, 0.1) is 5.38 Å². The molecule has 0 N–H and O–H groups in total. The summed E-state index contributed by atoms with van der Waals surface area (Å²) in [5, 5.41) is 0.170. The molecule has 1 aliphatic heterocycles. The molecule has 1 amide bonds. The van der Waals surface area contributed by atoms with Crippen molar-refractivity contribution in [2.45, 2.75) is 32.6 Å². The van der Waals surface area contributed by atoms with E-state index in [-0.39, 0.29) is 17.2 Å². The van der Waals surface area contributed by atoms with Gasteiger partial charge >= 0.3 is 0 Å². The quantitative estimate of drug-likeness (QED) is 0.630. The lowest BCUT2D eigenvalue weighted by Gasteiger charge is -2.22. The Morgan fingerprint density at radius 3 is 2.46 bits per heavy atom. The van der Waals surface area contributed by atoms with Crippen LogP contribution >= 0.6 is 11.6 Å². The van der Waals surface area contributed by atoms with Gasteiger partial charge in [0.2, 0.25) is 5.91 Å². The molecule has 0 saturated carbocycles. The Balaban J connectivity index is 2.48. The van der Waals surface area contributed by atoms with Crippen LogP contribution in [-0.4, -0.2) is 29.3 Å². The second kappa shape index (κ2) is 4.32. The molecular weight excluding hydrogens is 186 g/mol. The molecule has 1 fully saturated rings. The van der Waals surface area contributed by atoms with Crippen LogP contribution < -0.4 is 0 Å². The normalized spacial score (nSPS) is 25.3. The number of hydrogen-bond acceptors (Lipinski definition) is 1. The summed E-state index contributed by atoms with van der Waals surface area (Å²) in [6, 6.07) is 0. The van der Waals surface area contributed by atoms with Crippen LogP contribution in [0.25, 0.3) is 0 Å². The number of amides is 1. The predicted molar refractivity (Wildman–Crippen MR) is 54.8 cm³/mol. The van der Waals surface area contributed by atoms with E-state index in [0.29, 0.717) is 5.92 Å². The third-order valence-corrected chi connectivity index (χ3v) is 3.19. The highest BCUT2D eigenvalue weighted by Gasteiger charge is 2.28. The van der Waals surface area contributed by atoms with Gasteiger partial charge in [-0.25, -0.2) is 0 Å². The van der Waals surface area contributed by atoms with Gasteiger partial charge in [0, 0.05) is 19.0 Å². The lowest BCUT2D eigenvalue weighted by atomic mass is 9.97. The summed E-state index contributed by atoms with van der Waals surface area (Å²) in [7, 11) is 0. The summed E-state index contributed by atoms with van der Waals surface area (Å²) in [5.74, 6) is 0.807. The molecule has 2 nitrogen and oxygen atoms in total. The number of alkyl halides is 1. The predicted octanol–water partition coefficient (Wildman–Crippen LogP) is 2.12. The molecule has 0 bridgehead atoms. The Kier molecular flexibility index (Phi) is 3.60. The van der Waals surface area contributed by atoms with E-state index in [4.69, 9.17) is 11.6 Å². The number of carbonyl (C=O) groups excluding carboxylic acids is 1. The topological polar surface area (TPSA) is 20.3 Å². The first kappa shape index (κ1) is 10.8. The third kappa shape index (κ3) is 2.60. The minimum atomic E-state index is 0.127. The fraction of sp³-hybridized carbons (Fsp3) is 0.900. The molecule has 0 radical (unpaired) electrons. The lowest BCUT2D eigenvalue weighted by molar-refractivity contribution is -0.135. The number of hydrogen-bond donors (Lipinski definition) is 0. The maximum absolute atomic E-state index is 11.8. The van der Waals surface area contributed by atoms with E-state index in [1.807, 2.05) is 11.8 Å². The van der Waals surface area contributed by atoms with E-state index in [1.54, 1.807) is 0 Å². The SMILES string of the molecule is CC(C)[C@H](C)C(=O)N1CCC(Cl)C1. The lowest BCUT2D eigenvalue weighted by Crippen LogP contribution is -2.35. The molecule has 0 spiro atoms. The number of halogens is 1. The average molecular weight is 204 g/mol. The molecule has 0 aromatic heterocycles. The minimum absolute atomic E-state index is 0.127. The van der Waals surface area contributed by atoms with Crippen molar-refractivity contribution in [2.75, 3.05) is 13.1 Å². The molecular formula is C10H18ClNO. The van der Waals surface area contributed by atoms with Crippen molar-refractivity contribution in [3.05, 3.63) is 0 Å². The van der Waals surface area contributed by atoms with Crippen LogP contribution in [0.4, 0.5) is 0 Å². The van der Waals surface area contributed by atoms with Gasteiger partial charge in [-0.3, -0.25) is 4.79 Å². The summed E-state index contributed by atoms with van der Waals surface area (Å²) in [6.45, 7) is 7.73. The van der Waals surface area contributed by atoms with Crippen molar-refractivity contribution in [1.29, 1.82) is 0 Å². The van der Waals surface area contributed by atoms with E-state index >= 15 is 0 Å². The summed E-state index contributed by atoms with van der Waals surface area (Å²) in [5.41, 5.74) is 0. The van der Waals surface area contributed by atoms with Crippen LogP contribution in [0.15, 0.2) is 0 Å². The zero-order chi connectivity index (χ0) is 10.0. The smallest absolute Gasteiger partial charge is 0.225 e. The molecule has 1 rings (SSSR count). The van der Waals surface area contributed by atoms with E-state index < -0.39 is 0 Å². The molecule has 1 unspecified atom stereocenters. The Bertz CT molecular complexity index is 193. The van der Waals surface area contributed by atoms with Crippen molar-refractivity contribution in [3.63, 3.8) is 0 Å². The largest absolute Gasteiger partial charge is 0.341 e. The Morgan fingerprint density at radius 1 is 1.46 bits per heavy atom. The van der Waals surface area contributed by atoms with Gasteiger partial charge in [0.25, 0.3) is 0 Å². The molecule has 2 atom stereocenters. The zero-order valence-corrected chi connectivity index (χ0v) is 9.34. The van der Waals surface area contributed by atoms with Crippen LogP contribution in [0.3, 0.4) is 0 Å². The standard InChI is InChI=1S/C10H18ClNO/c1-7(2)8(3)10(13)12-5-4-9(11)6-12/h7-9H,4-6H2,1-3H3/t8-,9?/m0/s1. The van der Waals surface area contributed by atoms with Crippen LogP contribution in [0.2, 0.25) is 0 Å². The van der Waals surface area contributed by atoms with Gasteiger partial charge in [0.1, 0.15) is 0 Å². The summed E-state index contributed by atoms with van der Waals surface area (Å²) in [4.78, 5) is 13.7. The minimum Gasteiger partial charge on any atom is -0.341 e. The van der Waals surface area contributed by atoms with E-state index in [0.717, 1.165) is 19.5 Å². The summed E-state index contributed by atoms with van der Waals surface area (Å²) >= 11 is 5.94. The molecule has 76 valence electrons. The van der Waals surface area contributed by atoms with Crippen molar-refractivity contribution < 1.29 is 4.79 Å². The second-order valence-electron chi connectivity index (χ2n) is 4.20. The van der Waals surface area contributed by atoms with Crippen LogP contribution in [0.1, 0.15) is 27.2 Å². The number of nitrogens with zero attached hydrogens (tertiary/aromatic N) is 1. The molecule has 1 heterocycles. The van der Waals surface area contributed by atoms with Crippen LogP contribution in [-0.2, 0) is 4.79 Å². The fourth-order valence-electron chi connectivity index (χ4n) is 1.49. The Morgan fingerprint density at radius 2 is 2.08 bits per heavy atom. The number of carbonyl (C=O) groups is 1. The summed E-state index contributed by atoms with van der Waals surface area (Å²) < 4.78 is 0. The first-order valence-electron chi connectivity index (χ1n) is 4.95. The zero-order valence-electron chi connectivity index (χ0n) is 8.59. The molecule has 13 heavy (non-hydrogen) atoms. The van der Waals surface area contributed by atoms with Gasteiger partial charge in [-0.1, -0.05) is 20.8 Å². The molecule has 0 aromatic rings. The van der Waals surface area contributed by atoms with Crippen LogP contribution in [0.5, 0.6) is 0 Å². The van der Waals surface area contributed by atoms with Crippen molar-refractivity contribution >= 4 is 17.5 Å². The average Bonchev–Trinajstić information content (AvgIpc) is 2.49. The highest BCUT2D eigenvalue weighted by Crippen LogP contribution is 2.20. The maximum atomic E-state index is 11.8. The van der Waals surface area contributed by atoms with E-state index in [2.05, 4.69) is 13.8 Å². The second-order valence-corrected chi connectivity index (χ2v) is 4.82. The number of likely N-dealkylation sites (tertiary alicyclic amines) is 1. The van der Waals surface area contributed by atoms with Gasteiger partial charge in [-0.15, -0.1) is 11.6 Å². The van der Waals surface area contributed by atoms with Gasteiger partial charge < -0.3 is 4.90 Å². The highest BCUT2D eigenvalue weighted by atomic mass is 35.5. The monoisotopic (exact) mass is 203 g/mol. The fourth-order valence-corrected chi connectivity index (χ4v) is 1.76. The van der Waals surface area contributed by atoms with Crippen molar-refractivity contribution in [2.24, 2.45) is 11.8 Å². The molecule has 0 aromatic carbocycles. The third-order valence-electron chi connectivity index (χ3n) is 2.83. The van der Waals surface area contributed by atoms with Crippen molar-refractivity contribution in [1.82, 2.24) is 4.90 Å². The first-order valence-corrected chi connectivity index (χ1v) is 5.39. The Hall–Kier alpha value is -0.240. The van der Waals surface area contributed by atoms with E-state index in [1.165, 1.54) is 0 Å². The Labute approximate surface area is 85.2 Å². The number of rotatable bonds is 2. The molecule has 3 heteroatoms. The first-order chi connectivity index (χ1) is 6.02. The maximum Gasteiger partial charge on any atom is 0.225 e. The van der Waals surface area contributed by atoms with Crippen LogP contribution in [0, 0.1) is 11.8 Å². The summed E-state index contributed by atoms with van der Waals surface area (Å²) in [6.07, 6.45) is 0.943. The van der Waals surface area contributed by atoms with Crippen molar-refractivity contribution in [3.8, 4) is 0 Å². The van der Waals surface area contributed by atoms with Gasteiger partial charge in [0.15, 0.2) is 0 Å². The molecule has 0 aliphatic carbocycles. The van der Waals surface area contributed by atoms with Gasteiger partial charge in [-0.2, -0.15) is 0 Å².